The molecule has 1 N–H and O–H groups in total. The van der Waals surface area contributed by atoms with Crippen LogP contribution in [0.3, 0.4) is 0 Å². The van der Waals surface area contributed by atoms with Crippen molar-refractivity contribution in [1.29, 1.82) is 0 Å². The van der Waals surface area contributed by atoms with Crippen LogP contribution in [-0.2, 0) is 9.53 Å². The summed E-state index contributed by atoms with van der Waals surface area (Å²) in [6.45, 7) is 3.69. The minimum absolute atomic E-state index is 0.105. The average Bonchev–Trinajstić information content (AvgIpc) is 2.46. The molecule has 4 heteroatoms. The van der Waals surface area contributed by atoms with Crippen LogP contribution in [0.1, 0.15) is 84.0 Å². The first-order chi connectivity index (χ1) is 11.3. The summed E-state index contributed by atoms with van der Waals surface area (Å²) in [7, 11) is 6.21. The number of aliphatic carboxylic acids is 1. The number of carboxylic acid groups (broad SMARTS) is 1. The third kappa shape index (κ3) is 17.7. The Kier molecular flexibility index (Phi) is 14.3. The fourth-order valence-electron chi connectivity index (χ4n) is 3.00. The number of carboxylic acids is 1. The molecule has 0 radical (unpaired) electrons. The molecule has 0 fully saturated rings. The van der Waals surface area contributed by atoms with Crippen molar-refractivity contribution < 1.29 is 19.1 Å². The van der Waals surface area contributed by atoms with Crippen LogP contribution in [0.2, 0.25) is 0 Å². The highest BCUT2D eigenvalue weighted by atomic mass is 16.5. The van der Waals surface area contributed by atoms with E-state index in [9.17, 15) is 4.79 Å². The summed E-state index contributed by atoms with van der Waals surface area (Å²) in [6, 6.07) is 0. The normalized spacial score (nSPS) is 13.2. The second-order valence-electron chi connectivity index (χ2n) is 8.10. The predicted octanol–water partition coefficient (Wildman–Crippen LogP) is 4.86. The van der Waals surface area contributed by atoms with Crippen LogP contribution in [0.25, 0.3) is 0 Å². The molecule has 4 nitrogen and oxygen atoms in total. The van der Waals surface area contributed by atoms with E-state index in [-0.39, 0.29) is 12.5 Å². The SMILES string of the molecule is CCCCCCCCCCCCCOC(CC(=O)O)C[N+](C)(C)C. The molecule has 0 aromatic rings. The van der Waals surface area contributed by atoms with Crippen LogP contribution >= 0.6 is 0 Å². The van der Waals surface area contributed by atoms with Gasteiger partial charge < -0.3 is 14.3 Å². The Bertz CT molecular complexity index is 300. The fraction of sp³-hybridized carbons (Fsp3) is 0.950. The van der Waals surface area contributed by atoms with E-state index in [1.165, 1.54) is 64.2 Å². The molecule has 0 aliphatic carbocycles. The quantitative estimate of drug-likeness (QED) is 0.303. The third-order valence-electron chi connectivity index (χ3n) is 4.26. The van der Waals surface area contributed by atoms with Gasteiger partial charge in [0.05, 0.1) is 27.6 Å². The van der Waals surface area contributed by atoms with Gasteiger partial charge in [-0.2, -0.15) is 0 Å². The lowest BCUT2D eigenvalue weighted by atomic mass is 10.1. The number of quaternary nitrogens is 1. The van der Waals surface area contributed by atoms with E-state index in [0.717, 1.165) is 17.4 Å². The molecule has 0 aliphatic rings. The van der Waals surface area contributed by atoms with E-state index in [4.69, 9.17) is 9.84 Å². The Balaban J connectivity index is 3.53. The summed E-state index contributed by atoms with van der Waals surface area (Å²) < 4.78 is 6.55. The molecule has 0 aliphatic heterocycles. The van der Waals surface area contributed by atoms with Crippen molar-refractivity contribution >= 4 is 5.97 Å². The lowest BCUT2D eigenvalue weighted by Gasteiger charge is -2.28. The van der Waals surface area contributed by atoms with Gasteiger partial charge in [0, 0.05) is 6.61 Å². The predicted molar refractivity (Wildman–Crippen MR) is 101 cm³/mol. The smallest absolute Gasteiger partial charge is 0.306 e. The molecular formula is C20H42NO3+. The van der Waals surface area contributed by atoms with Crippen molar-refractivity contribution in [2.24, 2.45) is 0 Å². The molecule has 1 unspecified atom stereocenters. The van der Waals surface area contributed by atoms with Crippen molar-refractivity contribution in [3.63, 3.8) is 0 Å². The number of unbranched alkanes of at least 4 members (excludes halogenated alkanes) is 10. The number of ether oxygens (including phenoxy) is 1. The Hall–Kier alpha value is -0.610. The van der Waals surface area contributed by atoms with Crippen LogP contribution in [0, 0.1) is 0 Å². The van der Waals surface area contributed by atoms with Crippen LogP contribution in [-0.4, -0.2) is 56.0 Å². The highest BCUT2D eigenvalue weighted by Gasteiger charge is 2.21. The molecule has 0 rings (SSSR count). The summed E-state index contributed by atoms with van der Waals surface area (Å²) >= 11 is 0. The van der Waals surface area contributed by atoms with Crippen LogP contribution in [0.5, 0.6) is 0 Å². The number of nitrogens with zero attached hydrogens (tertiary/aromatic N) is 1. The van der Waals surface area contributed by atoms with Gasteiger partial charge >= 0.3 is 5.97 Å². The molecule has 144 valence electrons. The minimum Gasteiger partial charge on any atom is -0.481 e. The van der Waals surface area contributed by atoms with Crippen LogP contribution in [0.4, 0.5) is 0 Å². The van der Waals surface area contributed by atoms with E-state index < -0.39 is 5.97 Å². The molecule has 0 aromatic carbocycles. The van der Waals surface area contributed by atoms with Gasteiger partial charge in [0.25, 0.3) is 0 Å². The van der Waals surface area contributed by atoms with E-state index >= 15 is 0 Å². The molecule has 1 atom stereocenters. The van der Waals surface area contributed by atoms with Crippen molar-refractivity contribution in [2.45, 2.75) is 90.1 Å². The van der Waals surface area contributed by atoms with Crippen molar-refractivity contribution in [3.05, 3.63) is 0 Å². The van der Waals surface area contributed by atoms with Gasteiger partial charge in [0.1, 0.15) is 12.6 Å². The van der Waals surface area contributed by atoms with Gasteiger partial charge in [-0.1, -0.05) is 71.1 Å². The molecule has 0 aromatic heterocycles. The van der Waals surface area contributed by atoms with Crippen molar-refractivity contribution in [1.82, 2.24) is 0 Å². The zero-order chi connectivity index (χ0) is 18.3. The molecule has 0 spiro atoms. The van der Waals surface area contributed by atoms with Gasteiger partial charge in [-0.25, -0.2) is 0 Å². The third-order valence-corrected chi connectivity index (χ3v) is 4.26. The molecule has 0 heterocycles. The van der Waals surface area contributed by atoms with E-state index in [1.54, 1.807) is 0 Å². The lowest BCUT2D eigenvalue weighted by molar-refractivity contribution is -0.873. The fourth-order valence-corrected chi connectivity index (χ4v) is 3.00. The van der Waals surface area contributed by atoms with Crippen LogP contribution in [0.15, 0.2) is 0 Å². The van der Waals surface area contributed by atoms with Gasteiger partial charge in [0.15, 0.2) is 0 Å². The Morgan fingerprint density at radius 2 is 1.33 bits per heavy atom. The summed E-state index contributed by atoms with van der Waals surface area (Å²) in [5.41, 5.74) is 0. The van der Waals surface area contributed by atoms with Gasteiger partial charge in [-0.3, -0.25) is 4.79 Å². The number of carbonyl (C=O) groups is 1. The highest BCUT2D eigenvalue weighted by Crippen LogP contribution is 2.12. The maximum Gasteiger partial charge on any atom is 0.306 e. The van der Waals surface area contributed by atoms with E-state index in [0.29, 0.717) is 6.61 Å². The minimum atomic E-state index is -0.771. The number of likely N-dealkylation sites (N-methyl/N-ethyl adjacent to an activating group) is 1. The summed E-state index contributed by atoms with van der Waals surface area (Å²) in [5.74, 6) is -0.771. The topological polar surface area (TPSA) is 46.5 Å². The molecule has 0 amide bonds. The first kappa shape index (κ1) is 23.4. The number of hydrogen-bond donors (Lipinski definition) is 1. The number of rotatable bonds is 17. The van der Waals surface area contributed by atoms with E-state index in [1.807, 2.05) is 0 Å². The zero-order valence-corrected chi connectivity index (χ0v) is 16.7. The largest absolute Gasteiger partial charge is 0.481 e. The Morgan fingerprint density at radius 3 is 1.75 bits per heavy atom. The first-order valence-electron chi connectivity index (χ1n) is 9.99. The van der Waals surface area contributed by atoms with Gasteiger partial charge in [-0.15, -0.1) is 0 Å². The Labute approximate surface area is 150 Å². The maximum atomic E-state index is 10.9. The Morgan fingerprint density at radius 1 is 0.875 bits per heavy atom. The molecule has 0 saturated carbocycles. The second kappa shape index (κ2) is 14.7. The van der Waals surface area contributed by atoms with Gasteiger partial charge in [0.2, 0.25) is 0 Å². The second-order valence-corrected chi connectivity index (χ2v) is 8.10. The molecule has 0 saturated heterocycles. The van der Waals surface area contributed by atoms with Gasteiger partial charge in [-0.05, 0) is 6.42 Å². The van der Waals surface area contributed by atoms with Crippen LogP contribution < -0.4 is 0 Å². The molecule has 24 heavy (non-hydrogen) atoms. The average molecular weight is 345 g/mol. The summed E-state index contributed by atoms with van der Waals surface area (Å²) in [4.78, 5) is 10.9. The number of hydrogen-bond acceptors (Lipinski definition) is 2. The summed E-state index contributed by atoms with van der Waals surface area (Å²) in [5, 5.41) is 8.99. The standard InChI is InChI=1S/C20H41NO3/c1-5-6-7-8-9-10-11-12-13-14-15-16-24-19(17-20(22)23)18-21(2,3)4/h19H,5-18H2,1-4H3/p+1. The highest BCUT2D eigenvalue weighted by molar-refractivity contribution is 5.67. The van der Waals surface area contributed by atoms with Crippen molar-refractivity contribution in [3.8, 4) is 0 Å². The molecule has 0 bridgehead atoms. The lowest BCUT2D eigenvalue weighted by Crippen LogP contribution is -2.43. The molecular weight excluding hydrogens is 302 g/mol. The van der Waals surface area contributed by atoms with Crippen molar-refractivity contribution in [2.75, 3.05) is 34.3 Å². The summed E-state index contributed by atoms with van der Waals surface area (Å²) in [6.07, 6.45) is 14.4. The van der Waals surface area contributed by atoms with E-state index in [2.05, 4.69) is 28.1 Å². The monoisotopic (exact) mass is 344 g/mol. The zero-order valence-electron chi connectivity index (χ0n) is 16.7. The maximum absolute atomic E-state index is 10.9. The first-order valence-corrected chi connectivity index (χ1v) is 9.99.